The van der Waals surface area contributed by atoms with Crippen LogP contribution in [0.3, 0.4) is 0 Å². The minimum absolute atomic E-state index is 0.169. The molecule has 2 heterocycles. The normalized spacial score (nSPS) is 15.1. The molecule has 1 saturated carbocycles. The SMILES string of the molecule is O=C(Nc1ccncc1)OCc1ccc(C2CCCCC2)cn1. The Balaban J connectivity index is 1.49. The van der Waals surface area contributed by atoms with Crippen molar-refractivity contribution in [2.24, 2.45) is 0 Å². The first-order chi connectivity index (χ1) is 11.3. The highest BCUT2D eigenvalue weighted by Crippen LogP contribution is 2.32. The second-order valence-electron chi connectivity index (χ2n) is 5.85. The molecule has 1 amide bonds. The summed E-state index contributed by atoms with van der Waals surface area (Å²) in [6.07, 6.45) is 11.1. The molecular formula is C18H21N3O2. The number of nitrogens with one attached hydrogen (secondary N) is 1. The van der Waals surface area contributed by atoms with Gasteiger partial charge in [-0.2, -0.15) is 0 Å². The summed E-state index contributed by atoms with van der Waals surface area (Å²) < 4.78 is 5.18. The second-order valence-corrected chi connectivity index (χ2v) is 5.85. The molecule has 0 unspecified atom stereocenters. The maximum absolute atomic E-state index is 11.7. The molecule has 1 N–H and O–H groups in total. The topological polar surface area (TPSA) is 64.1 Å². The number of amides is 1. The number of ether oxygens (including phenoxy) is 1. The Morgan fingerprint density at radius 3 is 2.61 bits per heavy atom. The summed E-state index contributed by atoms with van der Waals surface area (Å²) in [5, 5.41) is 2.65. The summed E-state index contributed by atoms with van der Waals surface area (Å²) >= 11 is 0. The Morgan fingerprint density at radius 2 is 1.91 bits per heavy atom. The number of hydrogen-bond acceptors (Lipinski definition) is 4. The van der Waals surface area contributed by atoms with Gasteiger partial charge in [-0.15, -0.1) is 0 Å². The number of anilines is 1. The van der Waals surface area contributed by atoms with Gasteiger partial charge >= 0.3 is 6.09 Å². The van der Waals surface area contributed by atoms with Crippen LogP contribution in [-0.2, 0) is 11.3 Å². The molecule has 5 heteroatoms. The van der Waals surface area contributed by atoms with Gasteiger partial charge in [-0.1, -0.05) is 25.3 Å². The molecule has 0 atom stereocenters. The molecule has 2 aromatic rings. The zero-order chi connectivity index (χ0) is 15.9. The van der Waals surface area contributed by atoms with Crippen molar-refractivity contribution in [3.63, 3.8) is 0 Å². The number of aromatic nitrogens is 2. The van der Waals surface area contributed by atoms with Crippen LogP contribution in [0.2, 0.25) is 0 Å². The van der Waals surface area contributed by atoms with Crippen LogP contribution in [0.4, 0.5) is 10.5 Å². The van der Waals surface area contributed by atoms with Crippen molar-refractivity contribution in [1.82, 2.24) is 9.97 Å². The van der Waals surface area contributed by atoms with Gasteiger partial charge in [0.1, 0.15) is 6.61 Å². The third-order valence-electron chi connectivity index (χ3n) is 4.20. The number of pyridine rings is 2. The van der Waals surface area contributed by atoms with E-state index in [9.17, 15) is 4.79 Å². The van der Waals surface area contributed by atoms with Crippen LogP contribution in [0.15, 0.2) is 42.9 Å². The zero-order valence-electron chi connectivity index (χ0n) is 13.1. The molecular weight excluding hydrogens is 290 g/mol. The summed E-state index contributed by atoms with van der Waals surface area (Å²) in [5.74, 6) is 0.640. The second kappa shape index (κ2) is 7.72. The van der Waals surface area contributed by atoms with E-state index in [0.717, 1.165) is 5.69 Å². The summed E-state index contributed by atoms with van der Waals surface area (Å²) in [5.41, 5.74) is 2.72. The van der Waals surface area contributed by atoms with E-state index < -0.39 is 6.09 Å². The Kier molecular flexibility index (Phi) is 5.19. The van der Waals surface area contributed by atoms with Crippen molar-refractivity contribution < 1.29 is 9.53 Å². The van der Waals surface area contributed by atoms with Gasteiger partial charge in [-0.05, 0) is 42.5 Å². The third kappa shape index (κ3) is 4.52. The average Bonchev–Trinajstić information content (AvgIpc) is 2.62. The zero-order valence-corrected chi connectivity index (χ0v) is 13.1. The fraction of sp³-hybridized carbons (Fsp3) is 0.389. The van der Waals surface area contributed by atoms with Crippen LogP contribution < -0.4 is 5.32 Å². The molecule has 0 radical (unpaired) electrons. The largest absolute Gasteiger partial charge is 0.443 e. The smallest absolute Gasteiger partial charge is 0.412 e. The van der Waals surface area contributed by atoms with Gasteiger partial charge in [0.05, 0.1) is 5.69 Å². The number of rotatable bonds is 4. The highest BCUT2D eigenvalue weighted by atomic mass is 16.5. The number of carbonyl (C=O) groups excluding carboxylic acids is 1. The summed E-state index contributed by atoms with van der Waals surface area (Å²) in [7, 11) is 0. The predicted molar refractivity (Wildman–Crippen MR) is 88.1 cm³/mol. The van der Waals surface area contributed by atoms with E-state index >= 15 is 0 Å². The standard InChI is InChI=1S/C18H21N3O2/c22-18(21-16-8-10-19-11-9-16)23-13-17-7-6-15(12-20-17)14-4-2-1-3-5-14/h6-12,14H,1-5,13H2,(H,19,21,22). The quantitative estimate of drug-likeness (QED) is 0.915. The minimum atomic E-state index is -0.491. The van der Waals surface area contributed by atoms with E-state index in [2.05, 4.69) is 21.4 Å². The van der Waals surface area contributed by atoms with Gasteiger partial charge < -0.3 is 4.74 Å². The summed E-state index contributed by atoms with van der Waals surface area (Å²) in [4.78, 5) is 20.0. The van der Waals surface area contributed by atoms with Crippen molar-refractivity contribution in [3.05, 3.63) is 54.1 Å². The Labute approximate surface area is 136 Å². The highest BCUT2D eigenvalue weighted by Gasteiger charge is 2.15. The average molecular weight is 311 g/mol. The first kappa shape index (κ1) is 15.5. The predicted octanol–water partition coefficient (Wildman–Crippen LogP) is 4.27. The van der Waals surface area contributed by atoms with E-state index in [1.54, 1.807) is 24.5 Å². The first-order valence-corrected chi connectivity index (χ1v) is 8.10. The number of hydrogen-bond donors (Lipinski definition) is 1. The third-order valence-corrected chi connectivity index (χ3v) is 4.20. The Bertz CT molecular complexity index is 622. The molecule has 23 heavy (non-hydrogen) atoms. The maximum atomic E-state index is 11.7. The fourth-order valence-corrected chi connectivity index (χ4v) is 2.93. The van der Waals surface area contributed by atoms with Gasteiger partial charge in [0, 0.05) is 24.3 Å². The lowest BCUT2D eigenvalue weighted by molar-refractivity contribution is 0.153. The molecule has 0 spiro atoms. The van der Waals surface area contributed by atoms with Crippen LogP contribution in [0, 0.1) is 0 Å². The molecule has 0 saturated heterocycles. The monoisotopic (exact) mass is 311 g/mol. The van der Waals surface area contributed by atoms with E-state index in [0.29, 0.717) is 11.6 Å². The Hall–Kier alpha value is -2.43. The molecule has 5 nitrogen and oxygen atoms in total. The summed E-state index contributed by atoms with van der Waals surface area (Å²) in [6.45, 7) is 0.169. The van der Waals surface area contributed by atoms with Crippen LogP contribution >= 0.6 is 0 Å². The van der Waals surface area contributed by atoms with Crippen LogP contribution in [0.25, 0.3) is 0 Å². The Morgan fingerprint density at radius 1 is 1.13 bits per heavy atom. The van der Waals surface area contributed by atoms with Crippen molar-refractivity contribution in [3.8, 4) is 0 Å². The van der Waals surface area contributed by atoms with Gasteiger partial charge in [0.15, 0.2) is 0 Å². The van der Waals surface area contributed by atoms with E-state index in [-0.39, 0.29) is 6.61 Å². The first-order valence-electron chi connectivity index (χ1n) is 8.10. The van der Waals surface area contributed by atoms with Crippen molar-refractivity contribution >= 4 is 11.8 Å². The van der Waals surface area contributed by atoms with E-state index in [1.165, 1.54) is 37.7 Å². The lowest BCUT2D eigenvalue weighted by atomic mass is 9.85. The lowest BCUT2D eigenvalue weighted by Gasteiger charge is -2.21. The van der Waals surface area contributed by atoms with Gasteiger partial charge in [-0.3, -0.25) is 15.3 Å². The maximum Gasteiger partial charge on any atom is 0.412 e. The highest BCUT2D eigenvalue weighted by molar-refractivity contribution is 5.84. The van der Waals surface area contributed by atoms with Crippen molar-refractivity contribution in [2.75, 3.05) is 5.32 Å². The molecule has 0 aromatic carbocycles. The molecule has 0 bridgehead atoms. The molecule has 1 aliphatic rings. The molecule has 120 valence electrons. The molecule has 2 aromatic heterocycles. The van der Waals surface area contributed by atoms with E-state index in [1.807, 2.05) is 12.3 Å². The van der Waals surface area contributed by atoms with Gasteiger partial charge in [0.25, 0.3) is 0 Å². The summed E-state index contributed by atoms with van der Waals surface area (Å²) in [6, 6.07) is 7.48. The molecule has 0 aliphatic heterocycles. The van der Waals surface area contributed by atoms with Crippen molar-refractivity contribution in [1.29, 1.82) is 0 Å². The number of carbonyl (C=O) groups is 1. The van der Waals surface area contributed by atoms with Crippen LogP contribution in [-0.4, -0.2) is 16.1 Å². The minimum Gasteiger partial charge on any atom is -0.443 e. The van der Waals surface area contributed by atoms with Crippen LogP contribution in [0.5, 0.6) is 0 Å². The lowest BCUT2D eigenvalue weighted by Crippen LogP contribution is -2.14. The number of nitrogens with zero attached hydrogens (tertiary/aromatic N) is 2. The molecule has 1 fully saturated rings. The fourth-order valence-electron chi connectivity index (χ4n) is 2.93. The molecule has 3 rings (SSSR count). The van der Waals surface area contributed by atoms with Crippen LogP contribution in [0.1, 0.15) is 49.3 Å². The molecule has 1 aliphatic carbocycles. The van der Waals surface area contributed by atoms with E-state index in [4.69, 9.17) is 4.74 Å². The van der Waals surface area contributed by atoms with Crippen molar-refractivity contribution in [2.45, 2.75) is 44.6 Å². The van der Waals surface area contributed by atoms with Gasteiger partial charge in [-0.25, -0.2) is 4.79 Å². The van der Waals surface area contributed by atoms with Gasteiger partial charge in [0.2, 0.25) is 0 Å².